The Kier molecular flexibility index (Phi) is 3.67. The van der Waals surface area contributed by atoms with Crippen molar-refractivity contribution >= 4 is 21.5 Å². The Balaban J connectivity index is 0.000000490. The van der Waals surface area contributed by atoms with Crippen LogP contribution in [0.25, 0.3) is 0 Å². The lowest BCUT2D eigenvalue weighted by molar-refractivity contribution is 0.279. The van der Waals surface area contributed by atoms with Gasteiger partial charge in [0, 0.05) is 0 Å². The van der Waals surface area contributed by atoms with Gasteiger partial charge in [-0.05, 0) is 11.6 Å². The second-order valence-corrected chi connectivity index (χ2v) is 1.32. The Hall–Kier alpha value is -0.200. The van der Waals surface area contributed by atoms with Gasteiger partial charge in [-0.25, -0.2) is 0 Å². The predicted octanol–water partition coefficient (Wildman–Crippen LogP) is 1.60. The van der Waals surface area contributed by atoms with Crippen molar-refractivity contribution in [2.45, 2.75) is 0 Å². The summed E-state index contributed by atoms with van der Waals surface area (Å²) in [6, 6.07) is 0. The van der Waals surface area contributed by atoms with E-state index in [0.717, 1.165) is 0 Å². The van der Waals surface area contributed by atoms with Crippen LogP contribution in [0, 0.1) is 0 Å². The van der Waals surface area contributed by atoms with Crippen LogP contribution in [-0.2, 0) is 9.47 Å². The summed E-state index contributed by atoms with van der Waals surface area (Å²) in [6.07, 6.45) is 4.07. The number of halogens is 1. The van der Waals surface area contributed by atoms with Crippen LogP contribution in [0.2, 0.25) is 0 Å². The minimum absolute atomic E-state index is 0. The summed E-state index contributed by atoms with van der Waals surface area (Å²) in [4.78, 5) is 0. The van der Waals surface area contributed by atoms with Gasteiger partial charge in [0.1, 0.15) is 18.8 Å². The lowest BCUT2D eigenvalue weighted by atomic mass is 10.9. The van der Waals surface area contributed by atoms with Crippen molar-refractivity contribution in [2.24, 2.45) is 0 Å². The molecular weight excluding hydrogens is 146 g/mol. The average Bonchev–Trinajstić information content (AvgIpc) is 1.69. The molecule has 0 radical (unpaired) electrons. The van der Waals surface area contributed by atoms with Gasteiger partial charge in [0.2, 0.25) is 5.22 Å². The number of hydrogen-bond donors (Lipinski definition) is 0. The zero-order chi connectivity index (χ0) is 5.11. The molecule has 0 fully saturated rings. The van der Waals surface area contributed by atoms with Gasteiger partial charge in [-0.2, -0.15) is 9.90 Å². The lowest BCUT2D eigenvalue weighted by Crippen LogP contribution is -1.82. The molecule has 1 unspecified atom stereocenters. The second kappa shape index (κ2) is 3.76. The Morgan fingerprint density at radius 3 is 2.38 bits per heavy atom. The molecule has 0 N–H and O–H groups in total. The van der Waals surface area contributed by atoms with Gasteiger partial charge >= 0.3 is 0 Å². The Bertz CT molecular complexity index is 121. The van der Waals surface area contributed by atoms with Crippen LogP contribution >= 0.6 is 21.5 Å². The summed E-state index contributed by atoms with van der Waals surface area (Å²) >= 11 is 5.28. The fourth-order valence-corrected chi connectivity index (χ4v) is 0.348. The van der Waals surface area contributed by atoms with Crippen molar-refractivity contribution in [3.8, 4) is 0 Å². The predicted molar refractivity (Wildman–Crippen MR) is 36.4 cm³/mol. The number of rotatable bonds is 0. The summed E-state index contributed by atoms with van der Waals surface area (Å²) in [7, 11) is 0. The molecule has 0 aromatic heterocycles. The van der Waals surface area contributed by atoms with Crippen molar-refractivity contribution in [2.75, 3.05) is 0 Å². The monoisotopic (exact) mass is 152 g/mol. The zero-order valence-corrected chi connectivity index (χ0v) is 6.30. The van der Waals surface area contributed by atoms with Gasteiger partial charge in [-0.15, -0.1) is 0 Å². The van der Waals surface area contributed by atoms with Gasteiger partial charge in [0.25, 0.3) is 0 Å². The molecule has 0 amide bonds. The standard InChI is InChI=1S/C4H3ClO2.H3P/c5-4-3-6-1-2-7-4;/h1-3H;1H3. The van der Waals surface area contributed by atoms with Gasteiger partial charge in [0.05, 0.1) is 0 Å². The maximum Gasteiger partial charge on any atom is 0.228 e. The van der Waals surface area contributed by atoms with E-state index in [-0.39, 0.29) is 15.1 Å². The number of ether oxygens (including phenoxy) is 2. The summed E-state index contributed by atoms with van der Waals surface area (Å²) in [6.45, 7) is 0. The lowest BCUT2D eigenvalue weighted by Gasteiger charge is -2.00. The van der Waals surface area contributed by atoms with Gasteiger partial charge in [-0.3, -0.25) is 0 Å². The van der Waals surface area contributed by atoms with E-state index < -0.39 is 0 Å². The molecule has 8 heavy (non-hydrogen) atoms. The van der Waals surface area contributed by atoms with Crippen molar-refractivity contribution < 1.29 is 9.47 Å². The van der Waals surface area contributed by atoms with Crippen LogP contribution < -0.4 is 0 Å². The Morgan fingerprint density at radius 2 is 2.12 bits per heavy atom. The topological polar surface area (TPSA) is 18.5 Å². The van der Waals surface area contributed by atoms with E-state index in [2.05, 4.69) is 9.47 Å². The van der Waals surface area contributed by atoms with Gasteiger partial charge in [0.15, 0.2) is 0 Å². The first kappa shape index (κ1) is 7.80. The van der Waals surface area contributed by atoms with E-state index in [1.807, 2.05) is 0 Å². The molecule has 1 atom stereocenters. The van der Waals surface area contributed by atoms with Crippen LogP contribution in [0.4, 0.5) is 0 Å². The third kappa shape index (κ3) is 2.20. The minimum Gasteiger partial charge on any atom is -0.465 e. The average molecular weight is 153 g/mol. The highest BCUT2D eigenvalue weighted by molar-refractivity contribution is 6.92. The number of hydrogen-bond acceptors (Lipinski definition) is 2. The summed E-state index contributed by atoms with van der Waals surface area (Å²) < 4.78 is 9.18. The van der Waals surface area contributed by atoms with E-state index in [1.54, 1.807) is 0 Å². The molecule has 0 spiro atoms. The zero-order valence-electron chi connectivity index (χ0n) is 4.13. The first-order chi connectivity index (χ1) is 3.39. The highest BCUT2D eigenvalue weighted by atomic mass is 35.5. The molecule has 0 aromatic rings. The molecule has 1 aliphatic heterocycles. The largest absolute Gasteiger partial charge is 0.465 e. The van der Waals surface area contributed by atoms with E-state index in [9.17, 15) is 0 Å². The summed E-state index contributed by atoms with van der Waals surface area (Å²) in [5.41, 5.74) is 0. The fourth-order valence-electron chi connectivity index (χ4n) is 0.245. The van der Waals surface area contributed by atoms with Crippen molar-refractivity contribution in [3.05, 3.63) is 24.0 Å². The summed E-state index contributed by atoms with van der Waals surface area (Å²) in [5.74, 6) is 0. The molecule has 0 aromatic carbocycles. The smallest absolute Gasteiger partial charge is 0.228 e. The highest BCUT2D eigenvalue weighted by Gasteiger charge is 1.91. The van der Waals surface area contributed by atoms with Crippen LogP contribution in [0.1, 0.15) is 0 Å². The van der Waals surface area contributed by atoms with Crippen LogP contribution in [0.15, 0.2) is 24.0 Å². The van der Waals surface area contributed by atoms with E-state index >= 15 is 0 Å². The third-order valence-electron chi connectivity index (χ3n) is 0.475. The van der Waals surface area contributed by atoms with Gasteiger partial charge < -0.3 is 9.47 Å². The van der Waals surface area contributed by atoms with Gasteiger partial charge in [-0.1, -0.05) is 0 Å². The third-order valence-corrected chi connectivity index (χ3v) is 0.654. The van der Waals surface area contributed by atoms with Crippen LogP contribution in [0.3, 0.4) is 0 Å². The maximum atomic E-state index is 5.28. The van der Waals surface area contributed by atoms with E-state index in [1.165, 1.54) is 18.8 Å². The molecule has 4 heteroatoms. The molecule has 0 saturated heterocycles. The summed E-state index contributed by atoms with van der Waals surface area (Å²) in [5, 5.41) is 0.252. The molecule has 46 valence electrons. The maximum absolute atomic E-state index is 5.28. The SMILES string of the molecule is ClC1=COC=CO1.P. The van der Waals surface area contributed by atoms with Crippen molar-refractivity contribution in [1.82, 2.24) is 0 Å². The molecule has 0 bridgehead atoms. The molecule has 2 nitrogen and oxygen atoms in total. The van der Waals surface area contributed by atoms with Crippen LogP contribution in [0.5, 0.6) is 0 Å². The van der Waals surface area contributed by atoms with E-state index in [0.29, 0.717) is 0 Å². The normalized spacial score (nSPS) is 14.9. The highest BCUT2D eigenvalue weighted by Crippen LogP contribution is 2.07. The van der Waals surface area contributed by atoms with Crippen molar-refractivity contribution in [1.29, 1.82) is 0 Å². The quantitative estimate of drug-likeness (QED) is 0.491. The first-order valence-electron chi connectivity index (χ1n) is 1.72. The first-order valence-corrected chi connectivity index (χ1v) is 2.10. The minimum atomic E-state index is 0. The van der Waals surface area contributed by atoms with Crippen LogP contribution in [-0.4, -0.2) is 0 Å². The van der Waals surface area contributed by atoms with E-state index in [4.69, 9.17) is 11.6 Å². The molecule has 0 saturated carbocycles. The fraction of sp³-hybridized carbons (Fsp3) is 0. The Labute approximate surface area is 55.7 Å². The molecule has 1 heterocycles. The Morgan fingerprint density at radius 1 is 1.38 bits per heavy atom. The molecule has 1 aliphatic rings. The van der Waals surface area contributed by atoms with Crippen molar-refractivity contribution in [3.63, 3.8) is 0 Å². The molecule has 1 rings (SSSR count). The molecule has 0 aliphatic carbocycles. The molecular formula is C4H6ClO2P. The second-order valence-electron chi connectivity index (χ2n) is 0.948.